The molecule has 2 rings (SSSR count). The lowest BCUT2D eigenvalue weighted by atomic mass is 10.00. The number of carbonyl (C=O) groups is 2. The van der Waals surface area contributed by atoms with Crippen molar-refractivity contribution in [3.05, 3.63) is 39.9 Å². The topological polar surface area (TPSA) is 99.5 Å². The first-order valence-corrected chi connectivity index (χ1v) is 13.4. The van der Waals surface area contributed by atoms with Gasteiger partial charge in [-0.15, -0.1) is 0 Å². The molecular weight excluding hydrogens is 519 g/mol. The van der Waals surface area contributed by atoms with E-state index in [-0.39, 0.29) is 43.5 Å². The molecule has 1 saturated heterocycles. The van der Waals surface area contributed by atoms with Gasteiger partial charge in [0.1, 0.15) is 18.3 Å². The lowest BCUT2D eigenvalue weighted by Gasteiger charge is -2.38. The van der Waals surface area contributed by atoms with Crippen molar-refractivity contribution < 1.29 is 29.3 Å². The molecule has 208 valence electrons. The first kappa shape index (κ1) is 31.5. The molecule has 1 aliphatic rings. The van der Waals surface area contributed by atoms with Crippen LogP contribution in [0.3, 0.4) is 0 Å². The fourth-order valence-corrected chi connectivity index (χ4v) is 4.84. The number of methoxy groups -OCH3 is 1. The van der Waals surface area contributed by atoms with E-state index in [1.165, 1.54) is 20.1 Å². The van der Waals surface area contributed by atoms with Crippen molar-refractivity contribution in [2.24, 2.45) is 5.92 Å². The Morgan fingerprint density at radius 3 is 2.57 bits per heavy atom. The minimum Gasteiger partial charge on any atom is -0.388 e. The molecular formula is C27H40Cl2N2O6. The Morgan fingerprint density at radius 1 is 1.22 bits per heavy atom. The van der Waals surface area contributed by atoms with Gasteiger partial charge in [-0.25, -0.2) is 0 Å². The average Bonchev–Trinajstić information content (AvgIpc) is 2.83. The number of aliphatic hydroxyl groups is 2. The molecule has 0 spiro atoms. The van der Waals surface area contributed by atoms with Crippen molar-refractivity contribution in [1.29, 1.82) is 0 Å². The molecule has 1 fully saturated rings. The van der Waals surface area contributed by atoms with Gasteiger partial charge in [0.05, 0.1) is 6.61 Å². The second-order valence-electron chi connectivity index (χ2n) is 9.85. The van der Waals surface area contributed by atoms with Crippen LogP contribution in [0.5, 0.6) is 0 Å². The Hall–Kier alpha value is -1.68. The lowest BCUT2D eigenvalue weighted by molar-refractivity contribution is -0.140. The van der Waals surface area contributed by atoms with E-state index in [0.717, 1.165) is 0 Å². The lowest BCUT2D eigenvalue weighted by Crippen LogP contribution is -2.53. The minimum atomic E-state index is -1.23. The van der Waals surface area contributed by atoms with E-state index in [0.29, 0.717) is 48.0 Å². The van der Waals surface area contributed by atoms with Crippen LogP contribution >= 0.6 is 23.2 Å². The van der Waals surface area contributed by atoms with E-state index in [9.17, 15) is 19.8 Å². The summed E-state index contributed by atoms with van der Waals surface area (Å²) in [5.41, 5.74) is 0.677. The summed E-state index contributed by atoms with van der Waals surface area (Å²) >= 11 is 12.3. The molecule has 4 atom stereocenters. The van der Waals surface area contributed by atoms with Gasteiger partial charge in [0.25, 0.3) is 0 Å². The van der Waals surface area contributed by atoms with Crippen LogP contribution in [-0.2, 0) is 19.1 Å². The van der Waals surface area contributed by atoms with Crippen LogP contribution in [0.15, 0.2) is 24.3 Å². The third-order valence-corrected chi connectivity index (χ3v) is 6.98. The Morgan fingerprint density at radius 2 is 1.95 bits per heavy atom. The Labute approximate surface area is 230 Å². The van der Waals surface area contributed by atoms with Gasteiger partial charge in [0.15, 0.2) is 0 Å². The fraction of sp³-hybridized carbons (Fsp3) is 0.630. The molecule has 37 heavy (non-hydrogen) atoms. The zero-order valence-corrected chi connectivity index (χ0v) is 23.6. The highest BCUT2D eigenvalue weighted by Crippen LogP contribution is 2.23. The van der Waals surface area contributed by atoms with E-state index >= 15 is 0 Å². The molecule has 1 heterocycles. The van der Waals surface area contributed by atoms with Gasteiger partial charge in [0, 0.05) is 62.4 Å². The largest absolute Gasteiger partial charge is 0.388 e. The number of hydrogen-bond donors (Lipinski definition) is 2. The predicted octanol–water partition coefficient (Wildman–Crippen LogP) is 3.65. The van der Waals surface area contributed by atoms with Gasteiger partial charge in [-0.2, -0.15) is 0 Å². The minimum absolute atomic E-state index is 0.0513. The SMILES string of the molecule is CO[C@@H]1CN(C(C)=O)C[C@@H](CC(C)C)N(C(=O)/C=C/c2ccc(Cl)cc2Cl)CCCCOC[C@@H](O)[C@H]1O. The van der Waals surface area contributed by atoms with Crippen LogP contribution in [0.1, 0.15) is 45.6 Å². The number of amides is 2. The van der Waals surface area contributed by atoms with Gasteiger partial charge < -0.3 is 29.5 Å². The predicted molar refractivity (Wildman–Crippen MR) is 146 cm³/mol. The maximum absolute atomic E-state index is 13.5. The third kappa shape index (κ3) is 10.2. The Kier molecular flexibility index (Phi) is 13.4. The van der Waals surface area contributed by atoms with Crippen molar-refractivity contribution in [2.45, 2.75) is 64.4 Å². The van der Waals surface area contributed by atoms with Crippen LogP contribution in [-0.4, -0.2) is 96.1 Å². The molecule has 1 aromatic carbocycles. The van der Waals surface area contributed by atoms with E-state index < -0.39 is 18.3 Å². The first-order chi connectivity index (χ1) is 17.5. The summed E-state index contributed by atoms with van der Waals surface area (Å²) in [6, 6.07) is 4.81. The smallest absolute Gasteiger partial charge is 0.246 e. The standard InChI is InChI=1S/C27H40Cl2N2O6/c1-18(2)13-22-15-30(19(3)32)16-25(36-4)27(35)24(33)17-37-12-6-5-11-31(22)26(34)10-8-20-7-9-21(28)14-23(20)29/h7-10,14,18,22,24-25,27,33,35H,5-6,11-13,15-17H2,1-4H3/b10-8+/t22-,24-,25-,27-/m1/s1. The fourth-order valence-electron chi connectivity index (χ4n) is 4.37. The summed E-state index contributed by atoms with van der Waals surface area (Å²) in [4.78, 5) is 29.5. The van der Waals surface area contributed by atoms with E-state index in [1.807, 2.05) is 0 Å². The van der Waals surface area contributed by atoms with Crippen LogP contribution < -0.4 is 0 Å². The molecule has 2 amide bonds. The molecule has 10 heteroatoms. The quantitative estimate of drug-likeness (QED) is 0.535. The Bertz CT molecular complexity index is 913. The molecule has 2 N–H and O–H groups in total. The van der Waals surface area contributed by atoms with Gasteiger partial charge in [0.2, 0.25) is 11.8 Å². The molecule has 1 aliphatic heterocycles. The highest BCUT2D eigenvalue weighted by atomic mass is 35.5. The first-order valence-electron chi connectivity index (χ1n) is 12.7. The summed E-state index contributed by atoms with van der Waals surface area (Å²) in [5, 5.41) is 21.9. The zero-order chi connectivity index (χ0) is 27.5. The number of halogens is 2. The second kappa shape index (κ2) is 15.7. The number of nitrogens with zero attached hydrogens (tertiary/aromatic N) is 2. The number of carbonyl (C=O) groups excluding carboxylic acids is 2. The molecule has 0 unspecified atom stereocenters. The summed E-state index contributed by atoms with van der Waals surface area (Å²) in [6.07, 6.45) is 1.99. The van der Waals surface area contributed by atoms with Crippen LogP contribution in [0.25, 0.3) is 6.08 Å². The van der Waals surface area contributed by atoms with Crippen molar-refractivity contribution in [3.63, 3.8) is 0 Å². The summed E-state index contributed by atoms with van der Waals surface area (Å²) in [5.74, 6) is -0.139. The van der Waals surface area contributed by atoms with Gasteiger partial charge in [-0.1, -0.05) is 43.1 Å². The summed E-state index contributed by atoms with van der Waals surface area (Å²) in [6.45, 7) is 6.73. The zero-order valence-electron chi connectivity index (χ0n) is 22.1. The van der Waals surface area contributed by atoms with E-state index in [2.05, 4.69) is 13.8 Å². The summed E-state index contributed by atoms with van der Waals surface area (Å²) in [7, 11) is 1.43. The van der Waals surface area contributed by atoms with E-state index in [4.69, 9.17) is 32.7 Å². The normalized spacial score (nSPS) is 24.9. The highest BCUT2D eigenvalue weighted by molar-refractivity contribution is 6.35. The van der Waals surface area contributed by atoms with Crippen molar-refractivity contribution in [3.8, 4) is 0 Å². The molecule has 0 bridgehead atoms. The highest BCUT2D eigenvalue weighted by Gasteiger charge is 2.32. The van der Waals surface area contributed by atoms with Gasteiger partial charge >= 0.3 is 0 Å². The molecule has 0 aliphatic carbocycles. The number of ether oxygens (including phenoxy) is 2. The number of hydrogen-bond acceptors (Lipinski definition) is 6. The third-order valence-electron chi connectivity index (χ3n) is 6.42. The number of benzene rings is 1. The monoisotopic (exact) mass is 558 g/mol. The van der Waals surface area contributed by atoms with Gasteiger partial charge in [-0.3, -0.25) is 9.59 Å². The maximum atomic E-state index is 13.5. The van der Waals surface area contributed by atoms with Crippen LogP contribution in [0.4, 0.5) is 0 Å². The second-order valence-corrected chi connectivity index (χ2v) is 10.7. The molecule has 1 aromatic rings. The number of aliphatic hydroxyl groups excluding tert-OH is 2. The molecule has 0 radical (unpaired) electrons. The van der Waals surface area contributed by atoms with Gasteiger partial charge in [-0.05, 0) is 49.0 Å². The van der Waals surface area contributed by atoms with Crippen LogP contribution in [0, 0.1) is 5.92 Å². The van der Waals surface area contributed by atoms with Crippen molar-refractivity contribution >= 4 is 41.1 Å². The molecule has 0 aromatic heterocycles. The van der Waals surface area contributed by atoms with Crippen LogP contribution in [0.2, 0.25) is 10.0 Å². The van der Waals surface area contributed by atoms with E-state index in [1.54, 1.807) is 34.1 Å². The Balaban J connectivity index is 2.38. The van der Waals surface area contributed by atoms with Crippen molar-refractivity contribution in [2.75, 3.05) is 40.0 Å². The average molecular weight is 560 g/mol. The number of rotatable bonds is 5. The molecule has 0 saturated carbocycles. The maximum Gasteiger partial charge on any atom is 0.246 e. The molecule has 8 nitrogen and oxygen atoms in total. The van der Waals surface area contributed by atoms with Crippen molar-refractivity contribution in [1.82, 2.24) is 9.80 Å². The summed E-state index contributed by atoms with van der Waals surface area (Å²) < 4.78 is 11.0.